The molecule has 0 unspecified atom stereocenters. The maximum atomic E-state index is 12.6. The van der Waals surface area contributed by atoms with Crippen LogP contribution in [-0.2, 0) is 4.74 Å². The summed E-state index contributed by atoms with van der Waals surface area (Å²) in [6.07, 6.45) is -2.97. The van der Waals surface area contributed by atoms with Gasteiger partial charge in [-0.3, -0.25) is 0 Å². The number of halogens is 3. The van der Waals surface area contributed by atoms with Crippen LogP contribution in [0.15, 0.2) is 36.4 Å². The number of rotatable bonds is 3. The van der Waals surface area contributed by atoms with Crippen LogP contribution in [0.2, 0.25) is 0 Å². The molecule has 1 aromatic carbocycles. The topological polar surface area (TPSA) is 77.3 Å². The molecule has 5 rings (SSSR count). The lowest BCUT2D eigenvalue weighted by molar-refractivity contribution is -0.274. The van der Waals surface area contributed by atoms with E-state index in [4.69, 9.17) is 9.72 Å². The summed E-state index contributed by atoms with van der Waals surface area (Å²) in [6, 6.07) is 9.30. The second kappa shape index (κ2) is 7.65. The van der Waals surface area contributed by atoms with Gasteiger partial charge < -0.3 is 19.7 Å². The van der Waals surface area contributed by atoms with E-state index in [1.54, 1.807) is 6.07 Å². The number of nitrogens with one attached hydrogen (secondary N) is 1. The molecule has 1 N–H and O–H groups in total. The molecule has 2 aliphatic rings. The third kappa shape index (κ3) is 4.15. The molecule has 2 aromatic heterocycles. The first-order valence-corrected chi connectivity index (χ1v) is 10.1. The lowest BCUT2D eigenvalue weighted by Gasteiger charge is -2.44. The summed E-state index contributed by atoms with van der Waals surface area (Å²) in [6.45, 7) is 4.08. The SMILES string of the molecule is FC(F)(F)Oc1cccc(-n2nnc3ccc(N4CCC5(CC4)CNCCO5)nc32)c1. The van der Waals surface area contributed by atoms with Gasteiger partial charge in [0.05, 0.1) is 17.9 Å². The molecule has 3 aromatic rings. The second-order valence-electron chi connectivity index (χ2n) is 7.75. The van der Waals surface area contributed by atoms with E-state index in [-0.39, 0.29) is 11.4 Å². The van der Waals surface area contributed by atoms with E-state index in [2.05, 4.69) is 25.3 Å². The minimum atomic E-state index is -4.77. The fourth-order valence-corrected chi connectivity index (χ4v) is 4.13. The average Bonchev–Trinajstić information content (AvgIpc) is 3.17. The predicted molar refractivity (Wildman–Crippen MR) is 106 cm³/mol. The number of hydrogen-bond acceptors (Lipinski definition) is 7. The Kier molecular flexibility index (Phi) is 4.94. The van der Waals surface area contributed by atoms with Crippen LogP contribution in [0.25, 0.3) is 16.9 Å². The average molecular weight is 434 g/mol. The molecule has 1 spiro atoms. The van der Waals surface area contributed by atoms with Gasteiger partial charge in [-0.2, -0.15) is 4.68 Å². The summed E-state index contributed by atoms with van der Waals surface area (Å²) in [5, 5.41) is 11.6. The zero-order valence-electron chi connectivity index (χ0n) is 16.6. The molecule has 0 amide bonds. The zero-order chi connectivity index (χ0) is 21.5. The van der Waals surface area contributed by atoms with Crippen molar-refractivity contribution in [1.29, 1.82) is 0 Å². The van der Waals surface area contributed by atoms with Gasteiger partial charge in [0.1, 0.15) is 17.1 Å². The number of anilines is 1. The van der Waals surface area contributed by atoms with Crippen molar-refractivity contribution in [3.8, 4) is 11.4 Å². The zero-order valence-corrected chi connectivity index (χ0v) is 16.6. The van der Waals surface area contributed by atoms with Gasteiger partial charge in [0.15, 0.2) is 5.65 Å². The van der Waals surface area contributed by atoms with E-state index >= 15 is 0 Å². The number of nitrogens with zero attached hydrogens (tertiary/aromatic N) is 5. The summed E-state index contributed by atoms with van der Waals surface area (Å²) in [5.74, 6) is 0.449. The van der Waals surface area contributed by atoms with Crippen LogP contribution in [0, 0.1) is 0 Å². The van der Waals surface area contributed by atoms with Gasteiger partial charge in [-0.25, -0.2) is 4.98 Å². The first-order chi connectivity index (χ1) is 14.9. The Morgan fingerprint density at radius 1 is 1.13 bits per heavy atom. The van der Waals surface area contributed by atoms with E-state index in [1.807, 2.05) is 12.1 Å². The molecule has 0 saturated carbocycles. The van der Waals surface area contributed by atoms with Crippen LogP contribution in [0.3, 0.4) is 0 Å². The number of ether oxygens (including phenoxy) is 2. The molecule has 31 heavy (non-hydrogen) atoms. The Hall–Kier alpha value is -2.92. The highest BCUT2D eigenvalue weighted by atomic mass is 19.4. The van der Waals surface area contributed by atoms with E-state index < -0.39 is 6.36 Å². The summed E-state index contributed by atoms with van der Waals surface area (Å²) >= 11 is 0. The number of fused-ring (bicyclic) bond motifs is 1. The third-order valence-electron chi connectivity index (χ3n) is 5.71. The maximum Gasteiger partial charge on any atom is 0.573 e. The number of pyridine rings is 1. The molecule has 0 aliphatic carbocycles. The maximum absolute atomic E-state index is 12.6. The van der Waals surface area contributed by atoms with Crippen molar-refractivity contribution in [3.63, 3.8) is 0 Å². The molecule has 2 aliphatic heterocycles. The summed E-state index contributed by atoms with van der Waals surface area (Å²) in [7, 11) is 0. The first kappa shape index (κ1) is 20.0. The number of hydrogen-bond donors (Lipinski definition) is 1. The standard InChI is InChI=1S/C20H21F3N6O2/c21-20(22,23)31-15-3-1-2-14(12-15)29-18-16(26-27-29)4-5-17(25-18)28-9-6-19(7-10-28)13-24-8-11-30-19/h1-5,12,24H,6-11,13H2. The first-order valence-electron chi connectivity index (χ1n) is 10.1. The van der Waals surface area contributed by atoms with Gasteiger partial charge >= 0.3 is 6.36 Å². The van der Waals surface area contributed by atoms with Crippen LogP contribution in [0.5, 0.6) is 5.75 Å². The molecule has 2 fully saturated rings. The Morgan fingerprint density at radius 3 is 2.71 bits per heavy atom. The van der Waals surface area contributed by atoms with Crippen LogP contribution < -0.4 is 15.0 Å². The van der Waals surface area contributed by atoms with Gasteiger partial charge in [0.2, 0.25) is 0 Å². The molecular formula is C20H21F3N6O2. The quantitative estimate of drug-likeness (QED) is 0.679. The highest BCUT2D eigenvalue weighted by Gasteiger charge is 2.37. The molecule has 164 valence electrons. The highest BCUT2D eigenvalue weighted by molar-refractivity contribution is 5.74. The molecule has 0 radical (unpaired) electrons. The van der Waals surface area contributed by atoms with Crippen molar-refractivity contribution in [2.45, 2.75) is 24.8 Å². The predicted octanol–water partition coefficient (Wildman–Crippen LogP) is 2.67. The molecule has 8 nitrogen and oxygen atoms in total. The smallest absolute Gasteiger partial charge is 0.406 e. The van der Waals surface area contributed by atoms with Gasteiger partial charge in [-0.05, 0) is 37.1 Å². The Bertz CT molecular complexity index is 1070. The highest BCUT2D eigenvalue weighted by Crippen LogP contribution is 2.31. The fraction of sp³-hybridized carbons (Fsp3) is 0.450. The number of benzene rings is 1. The molecule has 2 saturated heterocycles. The number of morpholine rings is 1. The monoisotopic (exact) mass is 434 g/mol. The van der Waals surface area contributed by atoms with E-state index in [1.165, 1.54) is 22.9 Å². The van der Waals surface area contributed by atoms with Crippen molar-refractivity contribution in [1.82, 2.24) is 25.3 Å². The summed E-state index contributed by atoms with van der Waals surface area (Å²) < 4.78 is 49.2. The third-order valence-corrected chi connectivity index (χ3v) is 5.71. The van der Waals surface area contributed by atoms with Crippen molar-refractivity contribution in [3.05, 3.63) is 36.4 Å². The van der Waals surface area contributed by atoms with Crippen molar-refractivity contribution >= 4 is 17.0 Å². The minimum Gasteiger partial charge on any atom is -0.406 e. The van der Waals surface area contributed by atoms with Crippen LogP contribution >= 0.6 is 0 Å². The molecule has 4 heterocycles. The summed E-state index contributed by atoms with van der Waals surface area (Å²) in [5.41, 5.74) is 1.30. The lowest BCUT2D eigenvalue weighted by Crippen LogP contribution is -2.55. The van der Waals surface area contributed by atoms with Gasteiger partial charge in [0, 0.05) is 32.2 Å². The largest absolute Gasteiger partial charge is 0.573 e. The Balaban J connectivity index is 1.40. The molecular weight excluding hydrogens is 413 g/mol. The molecule has 11 heteroatoms. The van der Waals surface area contributed by atoms with E-state index in [0.717, 1.165) is 51.4 Å². The normalized spacial score (nSPS) is 19.1. The molecule has 0 bridgehead atoms. The number of piperidine rings is 1. The number of alkyl halides is 3. The van der Waals surface area contributed by atoms with Crippen molar-refractivity contribution in [2.24, 2.45) is 0 Å². The second-order valence-corrected chi connectivity index (χ2v) is 7.75. The van der Waals surface area contributed by atoms with Gasteiger partial charge in [0.25, 0.3) is 0 Å². The van der Waals surface area contributed by atoms with Crippen LogP contribution in [0.1, 0.15) is 12.8 Å². The minimum absolute atomic E-state index is 0.110. The van der Waals surface area contributed by atoms with E-state index in [9.17, 15) is 13.2 Å². The lowest BCUT2D eigenvalue weighted by atomic mass is 9.90. The van der Waals surface area contributed by atoms with Crippen molar-refractivity contribution in [2.75, 3.05) is 37.7 Å². The fourth-order valence-electron chi connectivity index (χ4n) is 4.13. The van der Waals surface area contributed by atoms with Crippen LogP contribution in [0.4, 0.5) is 19.0 Å². The van der Waals surface area contributed by atoms with Gasteiger partial charge in [-0.15, -0.1) is 18.3 Å². The van der Waals surface area contributed by atoms with Crippen molar-refractivity contribution < 1.29 is 22.6 Å². The Labute approximate surface area is 175 Å². The molecule has 0 atom stereocenters. The van der Waals surface area contributed by atoms with E-state index in [0.29, 0.717) is 16.9 Å². The number of aromatic nitrogens is 4. The Morgan fingerprint density at radius 2 is 1.97 bits per heavy atom. The van der Waals surface area contributed by atoms with Crippen LogP contribution in [-0.4, -0.2) is 64.7 Å². The summed E-state index contributed by atoms with van der Waals surface area (Å²) in [4.78, 5) is 6.90. The van der Waals surface area contributed by atoms with Gasteiger partial charge in [-0.1, -0.05) is 11.3 Å².